The molecule has 1 N–H and O–H groups in total. The lowest BCUT2D eigenvalue weighted by molar-refractivity contribution is -0.141. The van der Waals surface area contributed by atoms with Gasteiger partial charge >= 0.3 is 5.97 Å². The predicted octanol–water partition coefficient (Wildman–Crippen LogP) is 4.16. The van der Waals surface area contributed by atoms with E-state index >= 15 is 0 Å². The van der Waals surface area contributed by atoms with E-state index in [1.54, 1.807) is 6.07 Å². The maximum atomic E-state index is 12.9. The van der Waals surface area contributed by atoms with Crippen molar-refractivity contribution in [3.63, 3.8) is 0 Å². The van der Waals surface area contributed by atoms with Crippen molar-refractivity contribution >= 4 is 40.1 Å². The van der Waals surface area contributed by atoms with Crippen molar-refractivity contribution in [3.05, 3.63) is 64.8 Å². The maximum absolute atomic E-state index is 12.9. The van der Waals surface area contributed by atoms with E-state index in [0.717, 1.165) is 16.7 Å². The number of ether oxygens (including phenoxy) is 2. The Morgan fingerprint density at radius 3 is 2.59 bits per heavy atom. The molecule has 32 heavy (non-hydrogen) atoms. The Morgan fingerprint density at radius 1 is 1.09 bits per heavy atom. The summed E-state index contributed by atoms with van der Waals surface area (Å²) in [5.41, 5.74) is 2.89. The third-order valence-corrected chi connectivity index (χ3v) is 5.78. The number of carboxylic acid groups (broad SMARTS) is 1. The lowest BCUT2D eigenvalue weighted by Crippen LogP contribution is -2.27. The van der Waals surface area contributed by atoms with Crippen LogP contribution in [0.5, 0.6) is 11.5 Å². The zero-order valence-corrected chi connectivity index (χ0v) is 17.6. The molecule has 1 atom stereocenters. The summed E-state index contributed by atoms with van der Waals surface area (Å²) < 4.78 is 10.9. The Hall–Kier alpha value is -3.65. The fourth-order valence-corrected chi connectivity index (χ4v) is 4.18. The number of hydrogen-bond donors (Lipinski definition) is 1. The van der Waals surface area contributed by atoms with E-state index in [9.17, 15) is 9.59 Å². The zero-order valence-electron chi connectivity index (χ0n) is 16.8. The van der Waals surface area contributed by atoms with Gasteiger partial charge in [0.05, 0.1) is 23.7 Å². The number of aliphatic carboxylic acids is 1. The van der Waals surface area contributed by atoms with E-state index in [4.69, 9.17) is 26.2 Å². The van der Waals surface area contributed by atoms with Gasteiger partial charge < -0.3 is 14.6 Å². The summed E-state index contributed by atoms with van der Waals surface area (Å²) >= 11 is 6.56. The number of amides is 1. The molecule has 1 amide bonds. The quantitative estimate of drug-likeness (QED) is 0.584. The molecule has 0 fully saturated rings. The van der Waals surface area contributed by atoms with Gasteiger partial charge in [0.2, 0.25) is 12.7 Å². The van der Waals surface area contributed by atoms with Crippen LogP contribution in [-0.4, -0.2) is 39.5 Å². The van der Waals surface area contributed by atoms with Crippen molar-refractivity contribution < 1.29 is 24.2 Å². The van der Waals surface area contributed by atoms with Crippen LogP contribution in [0.15, 0.2) is 53.6 Å². The average molecular weight is 452 g/mol. The van der Waals surface area contributed by atoms with Gasteiger partial charge in [0.15, 0.2) is 11.5 Å². The highest BCUT2D eigenvalue weighted by Gasteiger charge is 2.35. The van der Waals surface area contributed by atoms with Gasteiger partial charge in [0.1, 0.15) is 5.15 Å². The molecule has 2 aromatic carbocycles. The number of rotatable bonds is 5. The smallest absolute Gasteiger partial charge is 0.303 e. The number of pyridine rings is 1. The molecule has 0 saturated heterocycles. The summed E-state index contributed by atoms with van der Waals surface area (Å²) in [4.78, 5) is 28.4. The second kappa shape index (κ2) is 8.12. The molecule has 162 valence electrons. The normalized spacial score (nSPS) is 17.0. The van der Waals surface area contributed by atoms with Crippen LogP contribution in [0.25, 0.3) is 10.9 Å². The van der Waals surface area contributed by atoms with Crippen molar-refractivity contribution in [1.82, 2.24) is 9.99 Å². The second-order valence-electron chi connectivity index (χ2n) is 7.53. The first-order chi connectivity index (χ1) is 15.5. The summed E-state index contributed by atoms with van der Waals surface area (Å²) in [6.45, 7) is 0.148. The highest BCUT2D eigenvalue weighted by Crippen LogP contribution is 2.40. The Labute approximate surface area is 188 Å². The van der Waals surface area contributed by atoms with E-state index in [-0.39, 0.29) is 30.7 Å². The van der Waals surface area contributed by atoms with Crippen LogP contribution in [0.3, 0.4) is 0 Å². The molecule has 3 heterocycles. The third kappa shape index (κ3) is 3.73. The number of hydrazone groups is 1. The van der Waals surface area contributed by atoms with Crippen molar-refractivity contribution in [2.45, 2.75) is 25.3 Å². The molecular formula is C23H18ClN3O5. The van der Waals surface area contributed by atoms with Crippen molar-refractivity contribution in [2.24, 2.45) is 5.10 Å². The molecule has 8 nitrogen and oxygen atoms in total. The number of benzene rings is 2. The number of carboxylic acids is 1. The fourth-order valence-electron chi connectivity index (χ4n) is 3.91. The van der Waals surface area contributed by atoms with Gasteiger partial charge in [-0.1, -0.05) is 41.9 Å². The lowest BCUT2D eigenvalue weighted by atomic mass is 9.98. The molecule has 0 bridgehead atoms. The summed E-state index contributed by atoms with van der Waals surface area (Å²) in [6.07, 6.45) is 0.000421. The van der Waals surface area contributed by atoms with Crippen LogP contribution < -0.4 is 9.47 Å². The molecule has 9 heteroatoms. The van der Waals surface area contributed by atoms with Crippen LogP contribution >= 0.6 is 11.6 Å². The number of fused-ring (bicyclic) bond motifs is 2. The highest BCUT2D eigenvalue weighted by atomic mass is 35.5. The zero-order chi connectivity index (χ0) is 22.2. The standard InChI is InChI=1S/C23H18ClN3O5/c24-23-15(8-14-9-19-20(32-12-31-19)11-16(14)25-23)18-10-17(13-4-2-1-3-5-13)26-27(18)21(28)6-7-22(29)30/h1-5,8-9,11,18H,6-7,10,12H2,(H,29,30)/t18-/m1/s1. The van der Waals surface area contributed by atoms with Crippen molar-refractivity contribution in [3.8, 4) is 11.5 Å². The second-order valence-corrected chi connectivity index (χ2v) is 7.89. The fraction of sp³-hybridized carbons (Fsp3) is 0.217. The van der Waals surface area contributed by atoms with Gasteiger partial charge in [-0.05, 0) is 17.7 Å². The van der Waals surface area contributed by atoms with Crippen molar-refractivity contribution in [1.29, 1.82) is 0 Å². The third-order valence-electron chi connectivity index (χ3n) is 5.47. The van der Waals surface area contributed by atoms with Crippen molar-refractivity contribution in [2.75, 3.05) is 6.79 Å². The minimum absolute atomic E-state index is 0.148. The van der Waals surface area contributed by atoms with Crippen LogP contribution in [0.4, 0.5) is 0 Å². The van der Waals surface area contributed by atoms with Gasteiger partial charge in [-0.2, -0.15) is 5.10 Å². The average Bonchev–Trinajstić information content (AvgIpc) is 3.43. The Kier molecular flexibility index (Phi) is 5.14. The van der Waals surface area contributed by atoms with Crippen LogP contribution in [0.2, 0.25) is 5.15 Å². The van der Waals surface area contributed by atoms with E-state index in [2.05, 4.69) is 10.1 Å². The Bertz CT molecular complexity index is 1260. The molecule has 0 aliphatic carbocycles. The molecular weight excluding hydrogens is 434 g/mol. The SMILES string of the molecule is O=C(O)CCC(=O)N1N=C(c2ccccc2)C[C@@H]1c1cc2cc3c(cc2nc1Cl)OCO3. The van der Waals surface area contributed by atoms with E-state index < -0.39 is 12.0 Å². The Morgan fingerprint density at radius 2 is 1.84 bits per heavy atom. The molecule has 0 spiro atoms. The van der Waals surface area contributed by atoms with Gasteiger partial charge in [0.25, 0.3) is 0 Å². The van der Waals surface area contributed by atoms with Crippen LogP contribution in [0.1, 0.15) is 36.4 Å². The van der Waals surface area contributed by atoms with Gasteiger partial charge in [-0.25, -0.2) is 9.99 Å². The highest BCUT2D eigenvalue weighted by molar-refractivity contribution is 6.30. The first-order valence-electron chi connectivity index (χ1n) is 10.1. The first kappa shape index (κ1) is 20.3. The molecule has 1 aromatic heterocycles. The monoisotopic (exact) mass is 451 g/mol. The molecule has 0 unspecified atom stereocenters. The van der Waals surface area contributed by atoms with E-state index in [1.807, 2.05) is 42.5 Å². The minimum Gasteiger partial charge on any atom is -0.481 e. The van der Waals surface area contributed by atoms with Gasteiger partial charge in [-0.15, -0.1) is 0 Å². The number of hydrogen-bond acceptors (Lipinski definition) is 6. The molecule has 2 aliphatic rings. The summed E-state index contributed by atoms with van der Waals surface area (Å²) in [6, 6.07) is 14.5. The summed E-state index contributed by atoms with van der Waals surface area (Å²) in [5.74, 6) is -0.197. The van der Waals surface area contributed by atoms with E-state index in [0.29, 0.717) is 29.0 Å². The molecule has 0 radical (unpaired) electrons. The van der Waals surface area contributed by atoms with Crippen LogP contribution in [-0.2, 0) is 9.59 Å². The van der Waals surface area contributed by atoms with E-state index in [1.165, 1.54) is 5.01 Å². The number of nitrogens with zero attached hydrogens (tertiary/aromatic N) is 3. The number of halogens is 1. The molecule has 0 saturated carbocycles. The molecule has 5 rings (SSSR count). The number of carbonyl (C=O) groups excluding carboxylic acids is 1. The minimum atomic E-state index is -1.04. The Balaban J connectivity index is 1.54. The summed E-state index contributed by atoms with van der Waals surface area (Å²) in [5, 5.41) is 15.9. The number of carbonyl (C=O) groups is 2. The maximum Gasteiger partial charge on any atom is 0.303 e. The van der Waals surface area contributed by atoms with Crippen LogP contribution in [0, 0.1) is 0 Å². The molecule has 3 aromatic rings. The summed E-state index contributed by atoms with van der Waals surface area (Å²) in [7, 11) is 0. The topological polar surface area (TPSA) is 101 Å². The number of aromatic nitrogens is 1. The predicted molar refractivity (Wildman–Crippen MR) is 117 cm³/mol. The van der Waals surface area contributed by atoms with Gasteiger partial charge in [-0.3, -0.25) is 9.59 Å². The lowest BCUT2D eigenvalue weighted by Gasteiger charge is -2.23. The largest absolute Gasteiger partial charge is 0.481 e. The van der Waals surface area contributed by atoms with Gasteiger partial charge in [0, 0.05) is 29.9 Å². The first-order valence-corrected chi connectivity index (χ1v) is 10.4. The molecule has 2 aliphatic heterocycles.